The molecule has 0 saturated heterocycles. The summed E-state index contributed by atoms with van der Waals surface area (Å²) in [4.78, 5) is 12.6. The molecule has 140 valence electrons. The lowest BCUT2D eigenvalue weighted by Crippen LogP contribution is -3.00. The first-order valence-electron chi connectivity index (χ1n) is 8.57. The summed E-state index contributed by atoms with van der Waals surface area (Å²) in [6, 6.07) is 17.1. The number of rotatable bonds is 7. The van der Waals surface area contributed by atoms with E-state index in [2.05, 4.69) is 12.0 Å². The van der Waals surface area contributed by atoms with Crippen LogP contribution in [0.4, 0.5) is 0 Å². The van der Waals surface area contributed by atoms with Gasteiger partial charge in [0.05, 0.1) is 19.7 Å². The first kappa shape index (κ1) is 20.6. The van der Waals surface area contributed by atoms with Crippen molar-refractivity contribution >= 4 is 12.0 Å². The Labute approximate surface area is 169 Å². The third-order valence-electron chi connectivity index (χ3n) is 4.16. The third kappa shape index (κ3) is 5.14. The molecule has 3 rings (SSSR count). The third-order valence-corrected chi connectivity index (χ3v) is 4.16. The zero-order valence-electron chi connectivity index (χ0n) is 15.4. The zero-order chi connectivity index (χ0) is 18.4. The van der Waals surface area contributed by atoms with Crippen LogP contribution in [0.25, 0.3) is 0 Å². The number of halogens is 1. The molecular formula is C21H22BrN3O2. The minimum absolute atomic E-state index is 0. The molecule has 0 atom stereocenters. The van der Waals surface area contributed by atoms with Crippen molar-refractivity contribution in [3.05, 3.63) is 83.9 Å². The number of benzene rings is 2. The van der Waals surface area contributed by atoms with Crippen LogP contribution in [-0.2, 0) is 13.0 Å². The summed E-state index contributed by atoms with van der Waals surface area (Å²) in [6.07, 6.45) is 6.35. The molecule has 27 heavy (non-hydrogen) atoms. The average Bonchev–Trinajstić information content (AvgIpc) is 3.08. The van der Waals surface area contributed by atoms with Crippen molar-refractivity contribution in [1.29, 1.82) is 0 Å². The van der Waals surface area contributed by atoms with Crippen LogP contribution < -0.4 is 21.7 Å². The van der Waals surface area contributed by atoms with E-state index in [9.17, 15) is 4.79 Å². The molecule has 0 aliphatic rings. The van der Waals surface area contributed by atoms with E-state index in [4.69, 9.17) is 4.74 Å². The van der Waals surface area contributed by atoms with Gasteiger partial charge >= 0.3 is 0 Å². The van der Waals surface area contributed by atoms with Crippen LogP contribution in [-0.4, -0.2) is 28.4 Å². The van der Waals surface area contributed by atoms with Gasteiger partial charge in [-0.1, -0.05) is 30.3 Å². The van der Waals surface area contributed by atoms with Crippen LogP contribution in [0.5, 0.6) is 5.75 Å². The van der Waals surface area contributed by atoms with Crippen molar-refractivity contribution in [2.45, 2.75) is 19.9 Å². The van der Waals surface area contributed by atoms with Crippen LogP contribution >= 0.6 is 0 Å². The van der Waals surface area contributed by atoms with Crippen LogP contribution in [0.15, 0.2) is 72.1 Å². The van der Waals surface area contributed by atoms with Gasteiger partial charge in [-0.15, -0.1) is 9.78 Å². The van der Waals surface area contributed by atoms with Gasteiger partial charge < -0.3 is 21.7 Å². The summed E-state index contributed by atoms with van der Waals surface area (Å²) < 4.78 is 8.89. The van der Waals surface area contributed by atoms with Gasteiger partial charge in [-0.25, -0.2) is 4.57 Å². The molecule has 6 heteroatoms. The highest BCUT2D eigenvalue weighted by molar-refractivity contribution is 5.96. The Morgan fingerprint density at radius 1 is 1.11 bits per heavy atom. The number of hydrogen-bond acceptors (Lipinski definition) is 3. The highest BCUT2D eigenvalue weighted by Crippen LogP contribution is 2.13. The van der Waals surface area contributed by atoms with Crippen molar-refractivity contribution in [3.63, 3.8) is 0 Å². The van der Waals surface area contributed by atoms with Gasteiger partial charge in [0.2, 0.25) is 5.82 Å². The van der Waals surface area contributed by atoms with Crippen molar-refractivity contribution in [3.8, 4) is 5.75 Å². The van der Waals surface area contributed by atoms with Crippen LogP contribution in [0.3, 0.4) is 0 Å². The fourth-order valence-electron chi connectivity index (χ4n) is 2.75. The molecule has 0 aliphatic heterocycles. The summed E-state index contributed by atoms with van der Waals surface area (Å²) in [6.45, 7) is 2.33. The van der Waals surface area contributed by atoms with E-state index in [1.54, 1.807) is 31.4 Å². The van der Waals surface area contributed by atoms with Crippen LogP contribution in [0.2, 0.25) is 0 Å². The SMILES string of the molecule is CC[c+]1n(CC(=O)c2ccc(OC)cc2)ccn1N=Cc1ccccc1.[Br-]. The topological polar surface area (TPSA) is 48.5 Å². The fourth-order valence-corrected chi connectivity index (χ4v) is 2.75. The van der Waals surface area contributed by atoms with E-state index in [0.29, 0.717) is 5.56 Å². The van der Waals surface area contributed by atoms with E-state index >= 15 is 0 Å². The van der Waals surface area contributed by atoms with Gasteiger partial charge in [0.15, 0.2) is 18.2 Å². The highest BCUT2D eigenvalue weighted by atomic mass is 79.9. The van der Waals surface area contributed by atoms with Crippen LogP contribution in [0, 0.1) is 0 Å². The van der Waals surface area contributed by atoms with Crippen LogP contribution in [0.1, 0.15) is 28.7 Å². The number of ketones is 1. The van der Waals surface area contributed by atoms with E-state index in [1.165, 1.54) is 0 Å². The molecule has 0 N–H and O–H groups in total. The molecule has 0 fully saturated rings. The van der Waals surface area contributed by atoms with Crippen molar-refractivity contribution < 1.29 is 26.5 Å². The second kappa shape index (κ2) is 9.83. The second-order valence-corrected chi connectivity index (χ2v) is 5.85. The minimum Gasteiger partial charge on any atom is -1.00 e. The van der Waals surface area contributed by atoms with Crippen molar-refractivity contribution in [2.24, 2.45) is 5.10 Å². The van der Waals surface area contributed by atoms with Gasteiger partial charge in [0.1, 0.15) is 12.3 Å². The van der Waals surface area contributed by atoms with E-state index in [1.807, 2.05) is 58.2 Å². The predicted molar refractivity (Wildman–Crippen MR) is 103 cm³/mol. The highest BCUT2D eigenvalue weighted by Gasteiger charge is 2.17. The fraction of sp³-hybridized carbons (Fsp3) is 0.190. The minimum atomic E-state index is 0. The van der Waals surface area contributed by atoms with Gasteiger partial charge in [-0.3, -0.25) is 4.79 Å². The number of methoxy groups -OCH3 is 1. The quantitative estimate of drug-likeness (QED) is 0.319. The predicted octanol–water partition coefficient (Wildman–Crippen LogP) is 0.911. The number of carbonyl (C=O) groups excluding carboxylic acids is 1. The summed E-state index contributed by atoms with van der Waals surface area (Å²) >= 11 is 0. The molecule has 1 heterocycles. The molecule has 2 aromatic carbocycles. The molecule has 0 radical (unpaired) electrons. The first-order chi connectivity index (χ1) is 12.7. The van der Waals surface area contributed by atoms with Gasteiger partial charge in [0, 0.05) is 5.56 Å². The van der Waals surface area contributed by atoms with E-state index < -0.39 is 0 Å². The Balaban J connectivity index is 0.00000261. The molecule has 0 unspecified atom stereocenters. The first-order valence-corrected chi connectivity index (χ1v) is 8.57. The summed E-state index contributed by atoms with van der Waals surface area (Å²) in [7, 11) is 1.61. The average molecular weight is 428 g/mol. The lowest BCUT2D eigenvalue weighted by molar-refractivity contribution is -0.0000136. The molecule has 1 aromatic heterocycles. The maximum atomic E-state index is 12.6. The molecule has 0 bridgehead atoms. The number of ether oxygens (including phenoxy) is 1. The Bertz CT molecular complexity index is 903. The molecule has 3 aromatic rings. The monoisotopic (exact) mass is 427 g/mol. The lowest BCUT2D eigenvalue weighted by Gasteiger charge is -2.04. The smallest absolute Gasteiger partial charge is 0.214 e. The summed E-state index contributed by atoms with van der Waals surface area (Å²) in [5.74, 6) is 1.76. The molecule has 0 saturated carbocycles. The van der Waals surface area contributed by atoms with Gasteiger partial charge in [0.25, 0.3) is 0 Å². The number of carbonyl (C=O) groups is 1. The Morgan fingerprint density at radius 2 is 1.81 bits per heavy atom. The van der Waals surface area contributed by atoms with E-state index in [0.717, 1.165) is 23.6 Å². The maximum Gasteiger partial charge on any atom is 0.214 e. The number of aromatic nitrogens is 2. The standard InChI is InChI=1S/C21H22N3O2.BrH/c1-3-21-23(16-20(25)18-9-11-19(26-2)12-10-18)13-14-24(21)22-15-17-7-5-4-6-8-17;/h4-15H,3,16H2,1-2H3;1H/q+1;/p-1. The number of Topliss-reactive ketones (excluding diaryl/α,β-unsaturated/α-hetero) is 1. The normalized spacial score (nSPS) is 10.6. The number of imidazole rings is 1. The largest absolute Gasteiger partial charge is 1.00 e. The Kier molecular flexibility index (Phi) is 7.49. The molecular weight excluding hydrogens is 406 g/mol. The lowest BCUT2D eigenvalue weighted by atomic mass is 10.1. The van der Waals surface area contributed by atoms with Crippen molar-refractivity contribution in [2.75, 3.05) is 7.11 Å². The maximum absolute atomic E-state index is 12.6. The van der Waals surface area contributed by atoms with Crippen molar-refractivity contribution in [1.82, 2.24) is 9.24 Å². The Hall–Kier alpha value is -2.73. The summed E-state index contributed by atoms with van der Waals surface area (Å²) in [5.41, 5.74) is 1.70. The van der Waals surface area contributed by atoms with Gasteiger partial charge in [-0.2, -0.15) is 0 Å². The molecule has 0 amide bonds. The van der Waals surface area contributed by atoms with Gasteiger partial charge in [-0.05, 0) is 36.8 Å². The molecule has 5 nitrogen and oxygen atoms in total. The Morgan fingerprint density at radius 3 is 2.44 bits per heavy atom. The molecule has 0 spiro atoms. The number of nitrogens with zero attached hydrogens (tertiary/aromatic N) is 3. The zero-order valence-corrected chi connectivity index (χ0v) is 17.0. The summed E-state index contributed by atoms with van der Waals surface area (Å²) in [5, 5.41) is 4.51. The molecule has 0 aliphatic carbocycles. The van der Waals surface area contributed by atoms with E-state index in [-0.39, 0.29) is 29.3 Å². The second-order valence-electron chi connectivity index (χ2n) is 5.85. The number of hydrogen-bond donors (Lipinski definition) is 0.